The predicted molar refractivity (Wildman–Crippen MR) is 87.0 cm³/mol. The molecule has 0 spiro atoms. The second-order valence-corrected chi connectivity index (χ2v) is 5.34. The molecule has 0 unspecified atom stereocenters. The average molecular weight is 382 g/mol. The SMILES string of the molecule is CCCCCCCCCCCC(=O)OCCOOOOOOO/C=C/O. The average Bonchev–Trinajstić information content (AvgIpc) is 2.64. The maximum absolute atomic E-state index is 11.5. The van der Waals surface area contributed by atoms with Crippen LogP contribution in [0.4, 0.5) is 0 Å². The Kier molecular flexibility index (Phi) is 20.4. The molecular weight excluding hydrogens is 352 g/mol. The molecule has 0 aliphatic heterocycles. The minimum atomic E-state index is -0.278. The van der Waals surface area contributed by atoms with E-state index in [0.717, 1.165) is 25.5 Å². The summed E-state index contributed by atoms with van der Waals surface area (Å²) < 4.78 is 4.94. The molecule has 0 fully saturated rings. The number of carbonyl (C=O) groups excluding carboxylic acids is 1. The van der Waals surface area contributed by atoms with Crippen molar-refractivity contribution in [2.75, 3.05) is 13.2 Å². The fourth-order valence-corrected chi connectivity index (χ4v) is 1.99. The zero-order valence-corrected chi connectivity index (χ0v) is 15.3. The first kappa shape index (κ1) is 24.6. The number of esters is 1. The molecule has 10 heteroatoms. The van der Waals surface area contributed by atoms with Crippen LogP contribution >= 0.6 is 0 Å². The predicted octanol–water partition coefficient (Wildman–Crippen LogP) is 4.09. The summed E-state index contributed by atoms with van der Waals surface area (Å²) in [6.07, 6.45) is 12.4. The molecule has 0 radical (unpaired) electrons. The summed E-state index contributed by atoms with van der Waals surface area (Å²) in [6, 6.07) is 0. The van der Waals surface area contributed by atoms with Crippen molar-refractivity contribution in [3.05, 3.63) is 12.5 Å². The van der Waals surface area contributed by atoms with Crippen molar-refractivity contribution < 1.29 is 49.6 Å². The molecule has 0 rings (SSSR count). The molecular formula is C16H30O10. The Labute approximate surface area is 153 Å². The lowest BCUT2D eigenvalue weighted by molar-refractivity contribution is -0.786. The number of aliphatic hydroxyl groups excluding tert-OH is 1. The molecule has 0 atom stereocenters. The molecule has 0 aromatic heterocycles. The zero-order chi connectivity index (χ0) is 19.1. The lowest BCUT2D eigenvalue weighted by Crippen LogP contribution is -2.11. The van der Waals surface area contributed by atoms with Crippen LogP contribution in [-0.4, -0.2) is 24.3 Å². The van der Waals surface area contributed by atoms with Gasteiger partial charge < -0.3 is 14.7 Å². The van der Waals surface area contributed by atoms with Crippen LogP contribution in [0.5, 0.6) is 0 Å². The zero-order valence-electron chi connectivity index (χ0n) is 15.3. The lowest BCUT2D eigenvalue weighted by Gasteiger charge is -2.04. The van der Waals surface area contributed by atoms with Gasteiger partial charge in [-0.3, -0.25) is 4.79 Å². The van der Waals surface area contributed by atoms with Gasteiger partial charge in [-0.25, -0.2) is 4.89 Å². The molecule has 0 aromatic carbocycles. The van der Waals surface area contributed by atoms with Crippen molar-refractivity contribution in [2.45, 2.75) is 71.1 Å². The maximum Gasteiger partial charge on any atom is 0.305 e. The Morgan fingerprint density at radius 3 is 2.12 bits per heavy atom. The molecule has 10 nitrogen and oxygen atoms in total. The fraction of sp³-hybridized carbons (Fsp3) is 0.812. The number of hydrogen-bond donors (Lipinski definition) is 1. The highest BCUT2D eigenvalue weighted by molar-refractivity contribution is 5.69. The van der Waals surface area contributed by atoms with Crippen LogP contribution in [0.25, 0.3) is 0 Å². The second-order valence-electron chi connectivity index (χ2n) is 5.34. The van der Waals surface area contributed by atoms with Crippen molar-refractivity contribution in [1.29, 1.82) is 0 Å². The number of unbranched alkanes of at least 4 members (excludes halogenated alkanes) is 8. The van der Waals surface area contributed by atoms with Gasteiger partial charge in [0, 0.05) is 21.5 Å². The van der Waals surface area contributed by atoms with E-state index in [1.54, 1.807) is 0 Å². The summed E-state index contributed by atoms with van der Waals surface area (Å²) in [5, 5.41) is 27.5. The molecule has 0 aliphatic carbocycles. The molecule has 0 saturated heterocycles. The number of carbonyl (C=O) groups is 1. The molecule has 0 aromatic rings. The molecule has 154 valence electrons. The van der Waals surface area contributed by atoms with Gasteiger partial charge in [0.25, 0.3) is 0 Å². The lowest BCUT2D eigenvalue weighted by atomic mass is 10.1. The van der Waals surface area contributed by atoms with Gasteiger partial charge in [-0.2, -0.15) is 0 Å². The van der Waals surface area contributed by atoms with Gasteiger partial charge in [-0.05, 0) is 16.5 Å². The minimum absolute atomic E-state index is 0.0153. The minimum Gasteiger partial charge on any atom is -0.512 e. The first-order valence-electron chi connectivity index (χ1n) is 8.87. The van der Waals surface area contributed by atoms with Crippen LogP contribution in [0.2, 0.25) is 0 Å². The van der Waals surface area contributed by atoms with Crippen LogP contribution in [-0.2, 0) is 44.5 Å². The van der Waals surface area contributed by atoms with Gasteiger partial charge in [0.05, 0.1) is 0 Å². The van der Waals surface area contributed by atoms with Crippen LogP contribution < -0.4 is 0 Å². The summed E-state index contributed by atoms with van der Waals surface area (Å²) in [6.45, 7) is 2.17. The van der Waals surface area contributed by atoms with Crippen molar-refractivity contribution in [1.82, 2.24) is 0 Å². The first-order valence-corrected chi connectivity index (χ1v) is 8.87. The van der Waals surface area contributed by atoms with Gasteiger partial charge >= 0.3 is 5.97 Å². The van der Waals surface area contributed by atoms with Crippen LogP contribution in [0.1, 0.15) is 71.1 Å². The van der Waals surface area contributed by atoms with Gasteiger partial charge in [0.15, 0.2) is 6.26 Å². The normalized spacial score (nSPS) is 11.1. The Bertz CT molecular complexity index is 324. The van der Waals surface area contributed by atoms with Crippen molar-refractivity contribution in [2.24, 2.45) is 0 Å². The largest absolute Gasteiger partial charge is 0.512 e. The topological polar surface area (TPSA) is 111 Å². The monoisotopic (exact) mass is 382 g/mol. The summed E-state index contributed by atoms with van der Waals surface area (Å²) in [5.74, 6) is -0.278. The van der Waals surface area contributed by atoms with Gasteiger partial charge in [-0.1, -0.05) is 58.3 Å². The molecule has 0 bridgehead atoms. The molecule has 1 N–H and O–H groups in total. The molecule has 0 amide bonds. The third kappa shape index (κ3) is 20.6. The molecule has 0 heterocycles. The number of hydrogen-bond acceptors (Lipinski definition) is 10. The van der Waals surface area contributed by atoms with E-state index in [0.29, 0.717) is 12.7 Å². The second kappa shape index (κ2) is 21.6. The summed E-state index contributed by atoms with van der Waals surface area (Å²) >= 11 is 0. The maximum atomic E-state index is 11.5. The van der Waals surface area contributed by atoms with Crippen molar-refractivity contribution >= 4 is 5.97 Å². The van der Waals surface area contributed by atoms with E-state index >= 15 is 0 Å². The Morgan fingerprint density at radius 1 is 0.808 bits per heavy atom. The van der Waals surface area contributed by atoms with Crippen molar-refractivity contribution in [3.8, 4) is 0 Å². The van der Waals surface area contributed by atoms with Gasteiger partial charge in [0.1, 0.15) is 19.5 Å². The molecule has 0 aliphatic rings. The van der Waals surface area contributed by atoms with Crippen LogP contribution in [0.3, 0.4) is 0 Å². The first-order chi connectivity index (χ1) is 12.8. The molecule has 26 heavy (non-hydrogen) atoms. The third-order valence-corrected chi connectivity index (χ3v) is 3.23. The van der Waals surface area contributed by atoms with Gasteiger partial charge in [-0.15, -0.1) is 0 Å². The summed E-state index contributed by atoms with van der Waals surface area (Å²) in [4.78, 5) is 19.9. The third-order valence-electron chi connectivity index (χ3n) is 3.23. The summed E-state index contributed by atoms with van der Waals surface area (Å²) in [5.41, 5.74) is 0. The van der Waals surface area contributed by atoms with Gasteiger partial charge in [0.2, 0.25) is 0 Å². The van der Waals surface area contributed by atoms with E-state index in [2.05, 4.69) is 41.9 Å². The highest BCUT2D eigenvalue weighted by atomic mass is 17.9. The van der Waals surface area contributed by atoms with E-state index in [9.17, 15) is 4.79 Å². The Hall–Kier alpha value is -1.43. The van der Waals surface area contributed by atoms with E-state index in [4.69, 9.17) is 9.84 Å². The summed E-state index contributed by atoms with van der Waals surface area (Å²) in [7, 11) is 0. The quantitative estimate of drug-likeness (QED) is 0.109. The highest BCUT2D eigenvalue weighted by Gasteiger charge is 2.03. The molecule has 0 saturated carbocycles. The Balaban J connectivity index is 3.15. The van der Waals surface area contributed by atoms with Crippen molar-refractivity contribution in [3.63, 3.8) is 0 Å². The number of ether oxygens (including phenoxy) is 1. The fourth-order valence-electron chi connectivity index (χ4n) is 1.99. The number of rotatable bonds is 20. The van der Waals surface area contributed by atoms with E-state index in [-0.39, 0.29) is 19.2 Å². The highest BCUT2D eigenvalue weighted by Crippen LogP contribution is 2.10. The number of aliphatic hydroxyl groups is 1. The smallest absolute Gasteiger partial charge is 0.305 e. The van der Waals surface area contributed by atoms with Crippen LogP contribution in [0, 0.1) is 0 Å². The standard InChI is InChI=1S/C16H30O10/c1-2-3-4-5-6-7-8-9-10-11-16(18)19-14-15-21-23-25-26-24-22-20-13-12-17/h12-13,17H,2-11,14-15H2,1H3/b13-12+. The Morgan fingerprint density at radius 2 is 1.42 bits per heavy atom. The van der Waals surface area contributed by atoms with E-state index in [1.165, 1.54) is 38.5 Å². The van der Waals surface area contributed by atoms with E-state index in [1.807, 2.05) is 0 Å². The van der Waals surface area contributed by atoms with E-state index < -0.39 is 0 Å². The van der Waals surface area contributed by atoms with Crippen LogP contribution in [0.15, 0.2) is 12.5 Å².